The molecule has 4 nitrogen and oxygen atoms in total. The van der Waals surface area contributed by atoms with Gasteiger partial charge >= 0.3 is 0 Å². The molecule has 3 rings (SSSR count). The van der Waals surface area contributed by atoms with Gasteiger partial charge in [0.15, 0.2) is 0 Å². The molecule has 5 heteroatoms. The lowest BCUT2D eigenvalue weighted by Gasteiger charge is -2.18. The largest absolute Gasteiger partial charge is 0.352 e. The Morgan fingerprint density at radius 3 is 2.57 bits per heavy atom. The quantitative estimate of drug-likeness (QED) is 0.819. The summed E-state index contributed by atoms with van der Waals surface area (Å²) in [5.41, 5.74) is 1.04. The fraction of sp³-hybridized carbons (Fsp3) is 0.333. The van der Waals surface area contributed by atoms with E-state index in [1.165, 1.54) is 0 Å². The predicted octanol–water partition coefficient (Wildman–Crippen LogP) is 2.30. The molecule has 1 saturated carbocycles. The van der Waals surface area contributed by atoms with E-state index in [1.807, 2.05) is 47.8 Å². The van der Waals surface area contributed by atoms with E-state index >= 15 is 0 Å². The number of carbonyl (C=O) groups is 2. The van der Waals surface area contributed by atoms with Crippen molar-refractivity contribution in [3.63, 3.8) is 0 Å². The fourth-order valence-electron chi connectivity index (χ4n) is 2.41. The zero-order valence-electron chi connectivity index (χ0n) is 12.8. The third-order valence-electron chi connectivity index (χ3n) is 3.77. The summed E-state index contributed by atoms with van der Waals surface area (Å²) in [6.45, 7) is 0. The van der Waals surface area contributed by atoms with Crippen LogP contribution in [0.25, 0.3) is 0 Å². The van der Waals surface area contributed by atoms with Gasteiger partial charge in [-0.2, -0.15) is 0 Å². The molecule has 1 aromatic carbocycles. The zero-order chi connectivity index (χ0) is 16.1. The first kappa shape index (κ1) is 15.7. The highest BCUT2D eigenvalue weighted by Crippen LogP contribution is 2.19. The molecule has 0 saturated heterocycles. The Hall–Kier alpha value is -2.14. The molecule has 1 aromatic heterocycles. The highest BCUT2D eigenvalue weighted by Gasteiger charge is 2.28. The van der Waals surface area contributed by atoms with Crippen LogP contribution in [0.3, 0.4) is 0 Å². The third-order valence-corrected chi connectivity index (χ3v) is 4.65. The van der Waals surface area contributed by atoms with Gasteiger partial charge in [0.25, 0.3) is 0 Å². The van der Waals surface area contributed by atoms with Gasteiger partial charge in [-0.15, -0.1) is 11.3 Å². The number of thiophene rings is 1. The number of carbonyl (C=O) groups excluding carboxylic acids is 2. The molecule has 1 aliphatic carbocycles. The third kappa shape index (κ3) is 4.93. The van der Waals surface area contributed by atoms with Crippen molar-refractivity contribution < 1.29 is 9.59 Å². The van der Waals surface area contributed by atoms with Crippen LogP contribution >= 0.6 is 11.3 Å². The molecule has 0 radical (unpaired) electrons. The van der Waals surface area contributed by atoms with Gasteiger partial charge in [-0.05, 0) is 29.9 Å². The van der Waals surface area contributed by atoms with E-state index in [2.05, 4.69) is 10.6 Å². The second-order valence-corrected chi connectivity index (χ2v) is 6.88. The molecule has 2 amide bonds. The minimum atomic E-state index is -0.523. The Morgan fingerprint density at radius 1 is 1.13 bits per heavy atom. The van der Waals surface area contributed by atoms with E-state index in [0.29, 0.717) is 12.8 Å². The van der Waals surface area contributed by atoms with Crippen LogP contribution < -0.4 is 10.6 Å². The molecule has 1 heterocycles. The first-order chi connectivity index (χ1) is 11.2. The molecule has 0 unspecified atom stereocenters. The first-order valence-corrected chi connectivity index (χ1v) is 8.75. The highest BCUT2D eigenvalue weighted by atomic mass is 32.1. The highest BCUT2D eigenvalue weighted by molar-refractivity contribution is 7.10. The van der Waals surface area contributed by atoms with Crippen LogP contribution in [0.15, 0.2) is 47.8 Å². The number of rotatable bonds is 7. The van der Waals surface area contributed by atoms with Crippen LogP contribution in [-0.4, -0.2) is 23.9 Å². The maximum Gasteiger partial charge on any atom is 0.243 e. The van der Waals surface area contributed by atoms with Gasteiger partial charge in [0.1, 0.15) is 6.04 Å². The van der Waals surface area contributed by atoms with E-state index in [0.717, 1.165) is 23.3 Å². The second kappa shape index (κ2) is 7.42. The summed E-state index contributed by atoms with van der Waals surface area (Å²) in [5, 5.41) is 7.83. The van der Waals surface area contributed by atoms with Gasteiger partial charge in [0.2, 0.25) is 11.8 Å². The van der Waals surface area contributed by atoms with E-state index in [1.54, 1.807) is 11.3 Å². The van der Waals surface area contributed by atoms with Gasteiger partial charge in [-0.25, -0.2) is 0 Å². The zero-order valence-corrected chi connectivity index (χ0v) is 13.6. The normalized spacial score (nSPS) is 15.0. The SMILES string of the molecule is O=C(Cc1cccs1)N[C@@H](Cc1ccccc1)C(=O)NC1CC1. The van der Waals surface area contributed by atoms with Crippen LogP contribution in [0, 0.1) is 0 Å². The summed E-state index contributed by atoms with van der Waals surface area (Å²) in [5.74, 6) is -0.199. The first-order valence-electron chi connectivity index (χ1n) is 7.87. The van der Waals surface area contributed by atoms with E-state index in [9.17, 15) is 9.59 Å². The Bertz CT molecular complexity index is 651. The number of hydrogen-bond acceptors (Lipinski definition) is 3. The van der Waals surface area contributed by atoms with Crippen molar-refractivity contribution in [2.24, 2.45) is 0 Å². The summed E-state index contributed by atoms with van der Waals surface area (Å²) in [7, 11) is 0. The monoisotopic (exact) mass is 328 g/mol. The van der Waals surface area contributed by atoms with Gasteiger partial charge in [0, 0.05) is 17.3 Å². The van der Waals surface area contributed by atoms with Gasteiger partial charge in [-0.1, -0.05) is 36.4 Å². The molecular formula is C18H20N2O2S. The molecule has 23 heavy (non-hydrogen) atoms. The van der Waals surface area contributed by atoms with Crippen molar-refractivity contribution in [3.8, 4) is 0 Å². The molecule has 0 aliphatic heterocycles. The van der Waals surface area contributed by atoms with Crippen molar-refractivity contribution in [3.05, 3.63) is 58.3 Å². The second-order valence-electron chi connectivity index (χ2n) is 5.85. The molecule has 1 fully saturated rings. The van der Waals surface area contributed by atoms with Gasteiger partial charge < -0.3 is 10.6 Å². The smallest absolute Gasteiger partial charge is 0.243 e. The molecule has 0 bridgehead atoms. The van der Waals surface area contributed by atoms with Crippen LogP contribution in [0.2, 0.25) is 0 Å². The Kier molecular flexibility index (Phi) is 5.08. The maximum atomic E-state index is 12.4. The predicted molar refractivity (Wildman–Crippen MR) is 91.3 cm³/mol. The molecule has 120 valence electrons. The maximum absolute atomic E-state index is 12.4. The molecule has 1 aliphatic rings. The lowest BCUT2D eigenvalue weighted by molar-refractivity contribution is -0.128. The Labute approximate surface area is 139 Å². The van der Waals surface area contributed by atoms with Crippen LogP contribution in [0.1, 0.15) is 23.3 Å². The minimum Gasteiger partial charge on any atom is -0.352 e. The van der Waals surface area contributed by atoms with Crippen molar-refractivity contribution >= 4 is 23.2 Å². The standard InChI is InChI=1S/C18H20N2O2S/c21-17(12-15-7-4-10-23-15)20-16(18(22)19-14-8-9-14)11-13-5-2-1-3-6-13/h1-7,10,14,16H,8-9,11-12H2,(H,19,22)(H,20,21)/t16-/m0/s1. The molecule has 1 atom stereocenters. The van der Waals surface area contributed by atoms with Crippen LogP contribution in [0.4, 0.5) is 0 Å². The van der Waals surface area contributed by atoms with Gasteiger partial charge in [0.05, 0.1) is 6.42 Å². The number of nitrogens with one attached hydrogen (secondary N) is 2. The fourth-order valence-corrected chi connectivity index (χ4v) is 3.11. The van der Waals surface area contributed by atoms with Gasteiger partial charge in [-0.3, -0.25) is 9.59 Å². The summed E-state index contributed by atoms with van der Waals surface area (Å²) in [6.07, 6.45) is 2.90. The average molecular weight is 328 g/mol. The lowest BCUT2D eigenvalue weighted by atomic mass is 10.0. The van der Waals surface area contributed by atoms with Crippen molar-refractivity contribution in [1.82, 2.24) is 10.6 Å². The number of hydrogen-bond donors (Lipinski definition) is 2. The Balaban J connectivity index is 1.63. The van der Waals surface area contributed by atoms with E-state index in [4.69, 9.17) is 0 Å². The Morgan fingerprint density at radius 2 is 1.91 bits per heavy atom. The van der Waals surface area contributed by atoms with Crippen LogP contribution in [0.5, 0.6) is 0 Å². The van der Waals surface area contributed by atoms with E-state index in [-0.39, 0.29) is 17.9 Å². The van der Waals surface area contributed by atoms with Crippen molar-refractivity contribution in [2.75, 3.05) is 0 Å². The summed E-state index contributed by atoms with van der Waals surface area (Å²) in [4.78, 5) is 25.6. The molecule has 2 N–H and O–H groups in total. The topological polar surface area (TPSA) is 58.2 Å². The minimum absolute atomic E-state index is 0.0871. The average Bonchev–Trinajstić information content (AvgIpc) is 3.21. The van der Waals surface area contributed by atoms with E-state index < -0.39 is 6.04 Å². The van der Waals surface area contributed by atoms with Crippen molar-refractivity contribution in [1.29, 1.82) is 0 Å². The summed E-state index contributed by atoms with van der Waals surface area (Å²) in [6, 6.07) is 13.4. The number of benzene rings is 1. The van der Waals surface area contributed by atoms with Crippen molar-refractivity contribution in [2.45, 2.75) is 37.8 Å². The molecule has 2 aromatic rings. The summed E-state index contributed by atoms with van der Waals surface area (Å²) < 4.78 is 0. The number of amides is 2. The molecular weight excluding hydrogens is 308 g/mol. The summed E-state index contributed by atoms with van der Waals surface area (Å²) >= 11 is 1.55. The lowest BCUT2D eigenvalue weighted by Crippen LogP contribution is -2.49. The molecule has 0 spiro atoms. The van der Waals surface area contributed by atoms with Crippen LogP contribution in [-0.2, 0) is 22.4 Å².